The Morgan fingerprint density at radius 2 is 1.84 bits per heavy atom. The number of thiol groups is 1. The molecule has 102 valence electrons. The van der Waals surface area contributed by atoms with E-state index in [-0.39, 0.29) is 41.5 Å². The van der Waals surface area contributed by atoms with Crippen LogP contribution in [0.1, 0.15) is 44.9 Å². The number of hydrogen-bond acceptors (Lipinski definition) is 4. The summed E-state index contributed by atoms with van der Waals surface area (Å²) in [7, 11) is 0. The molecule has 0 aromatic carbocycles. The van der Waals surface area contributed by atoms with Crippen LogP contribution in [0.2, 0.25) is 0 Å². The first-order chi connectivity index (χ1) is 8.65. The smallest absolute Gasteiger partial charge is 0.548 e. The van der Waals surface area contributed by atoms with Crippen LogP contribution >= 0.6 is 12.6 Å². The molecule has 1 aliphatic heterocycles. The van der Waals surface area contributed by atoms with Crippen LogP contribution in [0.25, 0.3) is 0 Å². The summed E-state index contributed by atoms with van der Waals surface area (Å²) in [6.45, 7) is 0. The minimum atomic E-state index is -1.11. The molecule has 0 radical (unpaired) electrons. The minimum absolute atomic E-state index is 0. The standard InChI is InChI=1S/C13H21NO3S.Na/c15-12(7-8-18)14-10-4-2-1-3-9(10)5-6-11(14)13(16)17;/h9-11,18H,1-8H2,(H,16,17);/q;+1/p-1. The van der Waals surface area contributed by atoms with E-state index in [1.165, 1.54) is 6.42 Å². The van der Waals surface area contributed by atoms with Crippen molar-refractivity contribution in [3.05, 3.63) is 0 Å². The number of carbonyl (C=O) groups is 2. The Kier molecular flexibility index (Phi) is 7.22. The van der Waals surface area contributed by atoms with Crippen molar-refractivity contribution in [2.24, 2.45) is 5.92 Å². The molecule has 1 aliphatic carbocycles. The molecule has 4 nitrogen and oxygen atoms in total. The van der Waals surface area contributed by atoms with Crippen LogP contribution in [0, 0.1) is 5.92 Å². The average Bonchev–Trinajstić information content (AvgIpc) is 2.37. The Balaban J connectivity index is 0.00000180. The third-order valence-electron chi connectivity index (χ3n) is 4.26. The summed E-state index contributed by atoms with van der Waals surface area (Å²) >= 11 is 4.07. The van der Waals surface area contributed by atoms with E-state index in [9.17, 15) is 14.7 Å². The Hall–Kier alpha value is 0.290. The van der Waals surface area contributed by atoms with Gasteiger partial charge < -0.3 is 14.8 Å². The molecule has 2 fully saturated rings. The summed E-state index contributed by atoms with van der Waals surface area (Å²) < 4.78 is 0. The van der Waals surface area contributed by atoms with E-state index in [0.29, 0.717) is 24.5 Å². The molecule has 3 unspecified atom stereocenters. The number of amides is 1. The number of rotatable bonds is 3. The minimum Gasteiger partial charge on any atom is -0.548 e. The molecule has 3 atom stereocenters. The Bertz CT molecular complexity index is 340. The van der Waals surface area contributed by atoms with Gasteiger partial charge in [0.25, 0.3) is 0 Å². The Morgan fingerprint density at radius 1 is 1.16 bits per heavy atom. The topological polar surface area (TPSA) is 60.4 Å². The van der Waals surface area contributed by atoms with Crippen molar-refractivity contribution in [2.45, 2.75) is 57.0 Å². The largest absolute Gasteiger partial charge is 1.00 e. The van der Waals surface area contributed by atoms with Gasteiger partial charge in [-0.1, -0.05) is 12.8 Å². The van der Waals surface area contributed by atoms with Gasteiger partial charge in [-0.2, -0.15) is 12.6 Å². The number of likely N-dealkylation sites (tertiary alicyclic amines) is 1. The average molecular weight is 293 g/mol. The van der Waals surface area contributed by atoms with E-state index >= 15 is 0 Å². The molecule has 19 heavy (non-hydrogen) atoms. The van der Waals surface area contributed by atoms with Gasteiger partial charge in [0.05, 0.1) is 12.0 Å². The van der Waals surface area contributed by atoms with Crippen molar-refractivity contribution in [2.75, 3.05) is 5.75 Å². The van der Waals surface area contributed by atoms with Crippen molar-refractivity contribution >= 4 is 24.5 Å². The van der Waals surface area contributed by atoms with Crippen LogP contribution in [0.3, 0.4) is 0 Å². The van der Waals surface area contributed by atoms with Crippen molar-refractivity contribution in [1.82, 2.24) is 4.90 Å². The Labute approximate surface area is 142 Å². The monoisotopic (exact) mass is 293 g/mol. The van der Waals surface area contributed by atoms with E-state index in [2.05, 4.69) is 12.6 Å². The summed E-state index contributed by atoms with van der Waals surface area (Å²) in [6.07, 6.45) is 6.12. The van der Waals surface area contributed by atoms with Crippen LogP contribution in [0.4, 0.5) is 0 Å². The molecule has 2 rings (SSSR count). The number of hydrogen-bond donors (Lipinski definition) is 1. The van der Waals surface area contributed by atoms with Gasteiger partial charge in [0.1, 0.15) is 0 Å². The van der Waals surface area contributed by atoms with Gasteiger partial charge in [-0.05, 0) is 37.4 Å². The number of fused-ring (bicyclic) bond motifs is 1. The summed E-state index contributed by atoms with van der Waals surface area (Å²) in [5, 5.41) is 11.2. The molecular formula is C13H20NNaO3S. The van der Waals surface area contributed by atoms with Crippen LogP contribution in [0.5, 0.6) is 0 Å². The van der Waals surface area contributed by atoms with E-state index in [1.807, 2.05) is 0 Å². The molecule has 6 heteroatoms. The molecular weight excluding hydrogens is 273 g/mol. The molecule has 0 aromatic heterocycles. The first-order valence-corrected chi connectivity index (χ1v) is 7.41. The number of piperidine rings is 1. The molecule has 0 aromatic rings. The van der Waals surface area contributed by atoms with Crippen molar-refractivity contribution in [3.8, 4) is 0 Å². The summed E-state index contributed by atoms with van der Waals surface area (Å²) in [4.78, 5) is 25.0. The zero-order valence-corrected chi connectivity index (χ0v) is 14.4. The molecule has 1 amide bonds. The number of aliphatic carboxylic acids is 1. The molecule has 2 aliphatic rings. The fraction of sp³-hybridized carbons (Fsp3) is 0.846. The van der Waals surface area contributed by atoms with Crippen molar-refractivity contribution < 1.29 is 44.3 Å². The van der Waals surface area contributed by atoms with Crippen LogP contribution in [0.15, 0.2) is 0 Å². The molecule has 0 spiro atoms. The first-order valence-electron chi connectivity index (χ1n) is 6.78. The number of carbonyl (C=O) groups excluding carboxylic acids is 2. The predicted molar refractivity (Wildman–Crippen MR) is 69.1 cm³/mol. The van der Waals surface area contributed by atoms with Crippen molar-refractivity contribution in [1.29, 1.82) is 0 Å². The number of nitrogens with zero attached hydrogens (tertiary/aromatic N) is 1. The SMILES string of the molecule is O=C([O-])C1CCC2CCCCC2N1C(=O)CCS.[Na+]. The predicted octanol–water partition coefficient (Wildman–Crippen LogP) is -2.39. The molecule has 0 N–H and O–H groups in total. The first kappa shape index (κ1) is 17.3. The zero-order valence-electron chi connectivity index (χ0n) is 11.5. The second-order valence-electron chi connectivity index (χ2n) is 5.30. The van der Waals surface area contributed by atoms with Gasteiger partial charge in [-0.3, -0.25) is 4.79 Å². The van der Waals surface area contributed by atoms with Crippen LogP contribution in [-0.4, -0.2) is 34.6 Å². The zero-order chi connectivity index (χ0) is 13.1. The molecule has 0 bridgehead atoms. The third-order valence-corrected chi connectivity index (χ3v) is 4.48. The van der Waals surface area contributed by atoms with E-state index < -0.39 is 12.0 Å². The quantitative estimate of drug-likeness (QED) is 0.467. The Morgan fingerprint density at radius 3 is 2.47 bits per heavy atom. The maximum atomic E-state index is 12.2. The fourth-order valence-corrected chi connectivity index (χ4v) is 3.64. The molecule has 1 saturated heterocycles. The van der Waals surface area contributed by atoms with Gasteiger partial charge >= 0.3 is 29.6 Å². The molecule has 1 heterocycles. The van der Waals surface area contributed by atoms with Crippen molar-refractivity contribution in [3.63, 3.8) is 0 Å². The van der Waals surface area contributed by atoms with Gasteiger partial charge in [0.15, 0.2) is 0 Å². The van der Waals surface area contributed by atoms with E-state index in [4.69, 9.17) is 0 Å². The van der Waals surface area contributed by atoms with Gasteiger partial charge in [-0.25, -0.2) is 0 Å². The summed E-state index contributed by atoms with van der Waals surface area (Å²) in [6, 6.07) is -0.612. The summed E-state index contributed by atoms with van der Waals surface area (Å²) in [5.41, 5.74) is 0. The maximum Gasteiger partial charge on any atom is 1.00 e. The van der Waals surface area contributed by atoms with E-state index in [1.54, 1.807) is 4.90 Å². The summed E-state index contributed by atoms with van der Waals surface area (Å²) in [5.74, 6) is -0.229. The normalized spacial score (nSPS) is 30.2. The van der Waals surface area contributed by atoms with Gasteiger partial charge in [-0.15, -0.1) is 0 Å². The second kappa shape index (κ2) is 7.91. The molecule has 1 saturated carbocycles. The second-order valence-corrected chi connectivity index (χ2v) is 5.75. The maximum absolute atomic E-state index is 12.2. The van der Waals surface area contributed by atoms with Gasteiger partial charge in [0.2, 0.25) is 5.91 Å². The van der Waals surface area contributed by atoms with E-state index in [0.717, 1.165) is 25.7 Å². The number of carboxylic acid groups (broad SMARTS) is 1. The van der Waals surface area contributed by atoms with Gasteiger partial charge in [0, 0.05) is 12.5 Å². The van der Waals surface area contributed by atoms with Crippen LogP contribution < -0.4 is 34.7 Å². The fourth-order valence-electron chi connectivity index (χ4n) is 3.45. The third kappa shape index (κ3) is 3.90. The number of carboxylic acids is 1. The van der Waals surface area contributed by atoms with Crippen LogP contribution in [-0.2, 0) is 9.59 Å².